The van der Waals surface area contributed by atoms with E-state index < -0.39 is 0 Å². The molecule has 1 aliphatic rings. The van der Waals surface area contributed by atoms with Crippen molar-refractivity contribution in [2.75, 3.05) is 11.1 Å². The van der Waals surface area contributed by atoms with Crippen LogP contribution in [0.2, 0.25) is 0 Å². The number of benzene rings is 2. The second-order valence-corrected chi connectivity index (χ2v) is 7.83. The van der Waals surface area contributed by atoms with E-state index in [1.54, 1.807) is 24.3 Å². The number of anilines is 2. The van der Waals surface area contributed by atoms with Gasteiger partial charge in [-0.15, -0.1) is 0 Å². The number of para-hydroxylation sites is 2. The molecule has 0 unspecified atom stereocenters. The van der Waals surface area contributed by atoms with E-state index in [9.17, 15) is 10.1 Å². The molecular formula is C25H25N5O. The third-order valence-electron chi connectivity index (χ3n) is 5.64. The van der Waals surface area contributed by atoms with E-state index in [4.69, 9.17) is 5.73 Å². The van der Waals surface area contributed by atoms with Gasteiger partial charge >= 0.3 is 0 Å². The summed E-state index contributed by atoms with van der Waals surface area (Å²) in [6.45, 7) is 0.717. The van der Waals surface area contributed by atoms with Crippen molar-refractivity contribution in [3.8, 4) is 17.3 Å². The quantitative estimate of drug-likeness (QED) is 0.519. The average Bonchev–Trinajstić information content (AvgIpc) is 3.33. The molecule has 1 aliphatic carbocycles. The second kappa shape index (κ2) is 9.41. The number of carbonyl (C=O) groups is 1. The van der Waals surface area contributed by atoms with Crippen LogP contribution in [-0.4, -0.2) is 16.9 Å². The lowest BCUT2D eigenvalue weighted by Crippen LogP contribution is -2.25. The minimum atomic E-state index is -0.244. The Hall–Kier alpha value is -3.69. The molecule has 0 aliphatic heterocycles. The number of hydrogen-bond donors (Lipinski definition) is 3. The first-order chi connectivity index (χ1) is 15.1. The van der Waals surface area contributed by atoms with E-state index >= 15 is 0 Å². The number of pyridine rings is 1. The molecule has 2 aromatic carbocycles. The van der Waals surface area contributed by atoms with Crippen LogP contribution < -0.4 is 16.4 Å². The van der Waals surface area contributed by atoms with Crippen molar-refractivity contribution in [2.24, 2.45) is 0 Å². The number of nitrogens with two attached hydrogens (primary N) is 1. The van der Waals surface area contributed by atoms with Crippen molar-refractivity contribution < 1.29 is 4.79 Å². The first kappa shape index (κ1) is 20.6. The zero-order valence-corrected chi connectivity index (χ0v) is 17.3. The molecule has 6 nitrogen and oxygen atoms in total. The molecule has 0 spiro atoms. The van der Waals surface area contributed by atoms with Gasteiger partial charge in [-0.25, -0.2) is 0 Å². The number of aromatic nitrogens is 1. The Labute approximate surface area is 182 Å². The molecule has 156 valence electrons. The van der Waals surface area contributed by atoms with E-state index in [1.807, 2.05) is 36.5 Å². The van der Waals surface area contributed by atoms with Gasteiger partial charge in [-0.05, 0) is 48.7 Å². The number of nitrogens with zero attached hydrogens (tertiary/aromatic N) is 2. The molecule has 3 aromatic rings. The molecule has 1 amide bonds. The maximum atomic E-state index is 12.5. The molecule has 0 bridgehead atoms. The largest absolute Gasteiger partial charge is 0.397 e. The van der Waals surface area contributed by atoms with Gasteiger partial charge in [0.2, 0.25) is 0 Å². The van der Waals surface area contributed by atoms with E-state index in [0.717, 1.165) is 11.1 Å². The summed E-state index contributed by atoms with van der Waals surface area (Å²) >= 11 is 0. The maximum Gasteiger partial charge on any atom is 0.255 e. The van der Waals surface area contributed by atoms with Gasteiger partial charge < -0.3 is 16.4 Å². The van der Waals surface area contributed by atoms with E-state index in [1.165, 1.54) is 25.7 Å². The van der Waals surface area contributed by atoms with Gasteiger partial charge in [0.05, 0.1) is 22.6 Å². The van der Waals surface area contributed by atoms with Crippen LogP contribution in [0.15, 0.2) is 60.8 Å². The van der Waals surface area contributed by atoms with E-state index in [-0.39, 0.29) is 5.91 Å². The smallest absolute Gasteiger partial charge is 0.255 e. The van der Waals surface area contributed by atoms with Gasteiger partial charge in [-0.2, -0.15) is 5.26 Å². The SMILES string of the molecule is N#Cc1cc(CNC2CCCC2)cnc1-c1ccc(C(=O)Nc2ccccc2N)cc1. The van der Waals surface area contributed by atoms with Gasteiger partial charge in [-0.1, -0.05) is 37.1 Å². The predicted molar refractivity (Wildman–Crippen MR) is 122 cm³/mol. The van der Waals surface area contributed by atoms with Crippen molar-refractivity contribution >= 4 is 17.3 Å². The molecule has 1 heterocycles. The highest BCUT2D eigenvalue weighted by Gasteiger charge is 2.15. The Morgan fingerprint density at radius 2 is 1.87 bits per heavy atom. The van der Waals surface area contributed by atoms with Crippen molar-refractivity contribution in [1.29, 1.82) is 5.26 Å². The van der Waals surface area contributed by atoms with Crippen LogP contribution in [0.4, 0.5) is 11.4 Å². The Kier molecular flexibility index (Phi) is 6.25. The summed E-state index contributed by atoms with van der Waals surface area (Å²) in [6.07, 6.45) is 6.81. The van der Waals surface area contributed by atoms with Gasteiger partial charge in [-0.3, -0.25) is 9.78 Å². The lowest BCUT2D eigenvalue weighted by Gasteiger charge is -2.12. The van der Waals surface area contributed by atoms with Crippen LogP contribution in [0.25, 0.3) is 11.3 Å². The topological polar surface area (TPSA) is 104 Å². The van der Waals surface area contributed by atoms with Gasteiger partial charge in [0.15, 0.2) is 0 Å². The van der Waals surface area contributed by atoms with Crippen LogP contribution in [0, 0.1) is 11.3 Å². The third kappa shape index (κ3) is 4.90. The lowest BCUT2D eigenvalue weighted by atomic mass is 10.0. The molecule has 1 aromatic heterocycles. The zero-order chi connectivity index (χ0) is 21.6. The number of nitriles is 1. The Morgan fingerprint density at radius 3 is 2.58 bits per heavy atom. The average molecular weight is 412 g/mol. The van der Waals surface area contributed by atoms with Crippen LogP contribution in [0.3, 0.4) is 0 Å². The number of amides is 1. The fraction of sp³-hybridized carbons (Fsp3) is 0.240. The van der Waals surface area contributed by atoms with Crippen LogP contribution >= 0.6 is 0 Å². The minimum Gasteiger partial charge on any atom is -0.397 e. The predicted octanol–water partition coefficient (Wildman–Crippen LogP) is 4.49. The van der Waals surface area contributed by atoms with Gasteiger partial charge in [0.25, 0.3) is 5.91 Å². The number of nitrogen functional groups attached to an aromatic ring is 1. The molecular weight excluding hydrogens is 386 g/mol. The summed E-state index contributed by atoms with van der Waals surface area (Å²) in [5, 5.41) is 16.0. The van der Waals surface area contributed by atoms with Crippen molar-refractivity contribution in [1.82, 2.24) is 10.3 Å². The molecule has 4 N–H and O–H groups in total. The number of hydrogen-bond acceptors (Lipinski definition) is 5. The second-order valence-electron chi connectivity index (χ2n) is 7.83. The van der Waals surface area contributed by atoms with Crippen molar-refractivity contribution in [2.45, 2.75) is 38.3 Å². The summed E-state index contributed by atoms with van der Waals surface area (Å²) in [6, 6.07) is 18.9. The van der Waals surface area contributed by atoms with E-state index in [0.29, 0.717) is 40.8 Å². The molecule has 31 heavy (non-hydrogen) atoms. The number of nitrogens with one attached hydrogen (secondary N) is 2. The monoisotopic (exact) mass is 411 g/mol. The highest BCUT2D eigenvalue weighted by atomic mass is 16.1. The fourth-order valence-electron chi connectivity index (χ4n) is 3.90. The minimum absolute atomic E-state index is 0.244. The van der Waals surface area contributed by atoms with Crippen LogP contribution in [0.1, 0.15) is 47.2 Å². The lowest BCUT2D eigenvalue weighted by molar-refractivity contribution is 0.102. The molecule has 6 heteroatoms. The summed E-state index contributed by atoms with van der Waals surface area (Å²) in [4.78, 5) is 17.1. The molecule has 4 rings (SSSR count). The molecule has 0 radical (unpaired) electrons. The first-order valence-corrected chi connectivity index (χ1v) is 10.5. The molecule has 1 fully saturated rings. The third-order valence-corrected chi connectivity index (χ3v) is 5.64. The highest BCUT2D eigenvalue weighted by molar-refractivity contribution is 6.05. The van der Waals surface area contributed by atoms with Gasteiger partial charge in [0, 0.05) is 29.9 Å². The Bertz CT molecular complexity index is 1110. The first-order valence-electron chi connectivity index (χ1n) is 10.5. The summed E-state index contributed by atoms with van der Waals surface area (Å²) < 4.78 is 0. The molecule has 1 saturated carbocycles. The Balaban J connectivity index is 1.47. The highest BCUT2D eigenvalue weighted by Crippen LogP contribution is 2.24. The Morgan fingerprint density at radius 1 is 1.13 bits per heavy atom. The van der Waals surface area contributed by atoms with Crippen molar-refractivity contribution in [3.63, 3.8) is 0 Å². The maximum absolute atomic E-state index is 12.5. The van der Waals surface area contributed by atoms with Crippen LogP contribution in [-0.2, 0) is 6.54 Å². The van der Waals surface area contributed by atoms with E-state index in [2.05, 4.69) is 21.7 Å². The fourth-order valence-corrected chi connectivity index (χ4v) is 3.90. The summed E-state index contributed by atoms with van der Waals surface area (Å²) in [7, 11) is 0. The summed E-state index contributed by atoms with van der Waals surface area (Å²) in [5.41, 5.74) is 10.4. The van der Waals surface area contributed by atoms with Crippen LogP contribution in [0.5, 0.6) is 0 Å². The zero-order valence-electron chi connectivity index (χ0n) is 17.3. The molecule has 0 saturated heterocycles. The standard InChI is InChI=1S/C25H25N5O/c26-14-20-13-17(15-28-21-5-1-2-6-21)16-29-24(20)18-9-11-19(12-10-18)25(31)30-23-8-4-3-7-22(23)27/h3-4,7-13,16,21,28H,1-2,5-6,15,27H2,(H,30,31). The molecule has 0 atom stereocenters. The van der Waals surface area contributed by atoms with Gasteiger partial charge in [0.1, 0.15) is 6.07 Å². The number of rotatable bonds is 6. The summed E-state index contributed by atoms with van der Waals surface area (Å²) in [5.74, 6) is -0.244. The van der Waals surface area contributed by atoms with Crippen molar-refractivity contribution in [3.05, 3.63) is 77.5 Å². The normalized spacial score (nSPS) is 13.6. The number of carbonyl (C=O) groups excluding carboxylic acids is 1.